The summed E-state index contributed by atoms with van der Waals surface area (Å²) in [5.41, 5.74) is 4.88. The number of hydrogen-bond acceptors (Lipinski definition) is 4. The van der Waals surface area contributed by atoms with Crippen molar-refractivity contribution < 1.29 is 8.42 Å². The number of fused-ring (bicyclic) bond motifs is 2. The average molecular weight is 474 g/mol. The number of rotatable bonds is 5. The highest BCUT2D eigenvalue weighted by atomic mass is 35.5. The minimum Gasteiger partial charge on any atom is -0.361 e. The first-order valence-electron chi connectivity index (χ1n) is 10.4. The molecule has 2 aromatic heterocycles. The zero-order chi connectivity index (χ0) is 21.8. The van der Waals surface area contributed by atoms with Gasteiger partial charge in [-0.3, -0.25) is 0 Å². The molecule has 5 rings (SSSR count). The van der Waals surface area contributed by atoms with Crippen molar-refractivity contribution in [3.8, 4) is 11.1 Å². The number of H-pyrrole nitrogens is 1. The summed E-state index contributed by atoms with van der Waals surface area (Å²) in [7, 11) is -3.79. The van der Waals surface area contributed by atoms with Crippen LogP contribution in [0.5, 0.6) is 0 Å². The van der Waals surface area contributed by atoms with Gasteiger partial charge in [0.2, 0.25) is 10.0 Å². The molecule has 0 spiro atoms. The minimum absolute atomic E-state index is 0.194. The number of aromatic nitrogens is 1. The van der Waals surface area contributed by atoms with Gasteiger partial charge in [-0.25, -0.2) is 13.6 Å². The van der Waals surface area contributed by atoms with Crippen LogP contribution in [0.1, 0.15) is 24.0 Å². The largest absolute Gasteiger partial charge is 0.361 e. The molecule has 8 heteroatoms. The molecule has 0 amide bonds. The highest BCUT2D eigenvalue weighted by Gasteiger charge is 2.22. The zero-order valence-corrected chi connectivity index (χ0v) is 19.6. The molecule has 162 valence electrons. The Kier molecular flexibility index (Phi) is 5.35. The van der Waals surface area contributed by atoms with Crippen LogP contribution in [0.4, 0.5) is 0 Å². The normalized spacial score (nSPS) is 15.5. The number of primary sulfonamides is 1. The van der Waals surface area contributed by atoms with E-state index in [0.717, 1.165) is 39.7 Å². The van der Waals surface area contributed by atoms with E-state index in [1.54, 1.807) is 6.92 Å². The number of sulfonamides is 1. The number of aromatic amines is 1. The molecule has 1 fully saturated rings. The number of benzene rings is 2. The Balaban J connectivity index is 1.62. The molecule has 3 N–H and O–H groups in total. The van der Waals surface area contributed by atoms with E-state index in [2.05, 4.69) is 28.2 Å². The van der Waals surface area contributed by atoms with Crippen LogP contribution in [0.15, 0.2) is 40.7 Å². The van der Waals surface area contributed by atoms with E-state index < -0.39 is 10.0 Å². The third kappa shape index (κ3) is 3.79. The van der Waals surface area contributed by atoms with Gasteiger partial charge in [-0.15, -0.1) is 11.3 Å². The molecular weight excluding hydrogens is 450 g/mol. The molecule has 3 heterocycles. The lowest BCUT2D eigenvalue weighted by Gasteiger charge is -2.14. The lowest BCUT2D eigenvalue weighted by atomic mass is 9.97. The summed E-state index contributed by atoms with van der Waals surface area (Å²) < 4.78 is 25.2. The molecule has 5 nitrogen and oxygen atoms in total. The topological polar surface area (TPSA) is 79.2 Å². The minimum atomic E-state index is -3.79. The van der Waals surface area contributed by atoms with Gasteiger partial charge in [0.25, 0.3) is 0 Å². The summed E-state index contributed by atoms with van der Waals surface area (Å²) in [5.74, 6) is 0. The van der Waals surface area contributed by atoms with Crippen LogP contribution in [0.3, 0.4) is 0 Å². The number of halogens is 1. The van der Waals surface area contributed by atoms with Gasteiger partial charge in [-0.2, -0.15) is 0 Å². The van der Waals surface area contributed by atoms with Crippen molar-refractivity contribution in [3.63, 3.8) is 0 Å². The second-order valence-corrected chi connectivity index (χ2v) is 11.4. The van der Waals surface area contributed by atoms with E-state index in [0.29, 0.717) is 10.6 Å². The highest BCUT2D eigenvalue weighted by Crippen LogP contribution is 2.43. The van der Waals surface area contributed by atoms with Gasteiger partial charge in [-0.1, -0.05) is 17.7 Å². The quantitative estimate of drug-likeness (QED) is 0.413. The Hall–Kier alpha value is -1.90. The van der Waals surface area contributed by atoms with E-state index in [1.165, 1.54) is 48.2 Å². The summed E-state index contributed by atoms with van der Waals surface area (Å²) in [6.07, 6.45) is 5.68. The van der Waals surface area contributed by atoms with Crippen molar-refractivity contribution in [2.24, 2.45) is 5.14 Å². The third-order valence-corrected chi connectivity index (χ3v) is 9.35. The number of hydrogen-bond donors (Lipinski definition) is 2. The smallest absolute Gasteiger partial charge is 0.247 e. The van der Waals surface area contributed by atoms with Crippen molar-refractivity contribution in [2.75, 3.05) is 19.6 Å². The molecule has 0 unspecified atom stereocenters. The summed E-state index contributed by atoms with van der Waals surface area (Å²) in [6, 6.07) is 9.97. The Morgan fingerprint density at radius 1 is 1.19 bits per heavy atom. The van der Waals surface area contributed by atoms with Gasteiger partial charge in [0.15, 0.2) is 0 Å². The van der Waals surface area contributed by atoms with Gasteiger partial charge < -0.3 is 9.88 Å². The number of aryl methyl sites for hydroxylation is 1. The summed E-state index contributed by atoms with van der Waals surface area (Å²) in [6.45, 7) is 5.24. The van der Waals surface area contributed by atoms with E-state index in [1.807, 2.05) is 18.2 Å². The van der Waals surface area contributed by atoms with Crippen LogP contribution in [-0.4, -0.2) is 37.9 Å². The van der Waals surface area contributed by atoms with E-state index in [9.17, 15) is 8.42 Å². The summed E-state index contributed by atoms with van der Waals surface area (Å²) >= 11 is 7.85. The molecule has 0 aliphatic carbocycles. The summed E-state index contributed by atoms with van der Waals surface area (Å²) in [4.78, 5) is 5.90. The van der Waals surface area contributed by atoms with Crippen molar-refractivity contribution in [2.45, 2.75) is 30.4 Å². The van der Waals surface area contributed by atoms with E-state index >= 15 is 0 Å². The molecule has 0 saturated carbocycles. The van der Waals surface area contributed by atoms with Gasteiger partial charge in [0.05, 0.1) is 0 Å². The number of thiophene rings is 1. The van der Waals surface area contributed by atoms with E-state index in [4.69, 9.17) is 16.7 Å². The molecule has 1 saturated heterocycles. The molecule has 1 aliphatic heterocycles. The SMILES string of the molecule is Cc1c(S(N)(=O)=O)sc2ccc(Cl)c(-c3ccc4[nH]cc(CCN5CCCC5)c4c3)c12. The maximum atomic E-state index is 12.1. The van der Waals surface area contributed by atoms with Crippen molar-refractivity contribution in [1.82, 2.24) is 9.88 Å². The number of likely N-dealkylation sites (tertiary alicyclic amines) is 1. The molecule has 0 radical (unpaired) electrons. The number of nitrogens with one attached hydrogen (secondary N) is 1. The predicted octanol–water partition coefficient (Wildman–Crippen LogP) is 5.30. The molecule has 0 atom stereocenters. The monoisotopic (exact) mass is 473 g/mol. The van der Waals surface area contributed by atoms with Crippen LogP contribution >= 0.6 is 22.9 Å². The van der Waals surface area contributed by atoms with Gasteiger partial charge in [0.1, 0.15) is 4.21 Å². The molecule has 2 aromatic carbocycles. The zero-order valence-electron chi connectivity index (χ0n) is 17.2. The second kappa shape index (κ2) is 7.90. The Morgan fingerprint density at radius 2 is 1.97 bits per heavy atom. The van der Waals surface area contributed by atoms with Crippen LogP contribution in [0.2, 0.25) is 5.02 Å². The van der Waals surface area contributed by atoms with E-state index in [-0.39, 0.29) is 4.21 Å². The molecule has 1 aliphatic rings. The number of nitrogens with zero attached hydrogens (tertiary/aromatic N) is 1. The van der Waals surface area contributed by atoms with Crippen LogP contribution in [0.25, 0.3) is 32.1 Å². The second-order valence-electron chi connectivity index (χ2n) is 8.23. The Labute approximate surface area is 190 Å². The molecule has 31 heavy (non-hydrogen) atoms. The predicted molar refractivity (Wildman–Crippen MR) is 130 cm³/mol. The standard InChI is InChI=1S/C23H24ClN3O2S2/c1-14-21-20(30-23(14)31(25,28)29)7-5-18(24)22(21)15-4-6-19-17(12-15)16(13-26-19)8-11-27-9-2-3-10-27/h4-7,12-13,26H,2-3,8-11H2,1H3,(H2,25,28,29). The fourth-order valence-corrected chi connectivity index (χ4v) is 7.15. The molecule has 4 aromatic rings. The first-order valence-corrected chi connectivity index (χ1v) is 13.1. The Bertz CT molecular complexity index is 1400. The lowest BCUT2D eigenvalue weighted by molar-refractivity contribution is 0.344. The lowest BCUT2D eigenvalue weighted by Crippen LogP contribution is -2.21. The van der Waals surface area contributed by atoms with Crippen molar-refractivity contribution >= 4 is 54.0 Å². The fraction of sp³-hybridized carbons (Fsp3) is 0.304. The third-order valence-electron chi connectivity index (χ3n) is 6.21. The summed E-state index contributed by atoms with van der Waals surface area (Å²) in [5, 5.41) is 8.10. The van der Waals surface area contributed by atoms with Gasteiger partial charge >= 0.3 is 0 Å². The average Bonchev–Trinajstić information content (AvgIpc) is 3.45. The maximum Gasteiger partial charge on any atom is 0.247 e. The first kappa shape index (κ1) is 21.0. The van der Waals surface area contributed by atoms with Crippen molar-refractivity contribution in [3.05, 3.63) is 52.7 Å². The fourth-order valence-electron chi connectivity index (χ4n) is 4.67. The molecule has 0 bridgehead atoms. The van der Waals surface area contributed by atoms with Gasteiger partial charge in [-0.05, 0) is 80.2 Å². The highest BCUT2D eigenvalue weighted by molar-refractivity contribution is 7.91. The Morgan fingerprint density at radius 3 is 2.71 bits per heavy atom. The number of nitrogens with two attached hydrogens (primary N) is 1. The maximum absolute atomic E-state index is 12.1. The molecular formula is C23H24ClN3O2S2. The van der Waals surface area contributed by atoms with Crippen LogP contribution in [0, 0.1) is 6.92 Å². The van der Waals surface area contributed by atoms with Crippen LogP contribution in [-0.2, 0) is 16.4 Å². The first-order chi connectivity index (χ1) is 14.8. The van der Waals surface area contributed by atoms with Gasteiger partial charge in [0, 0.05) is 44.3 Å². The van der Waals surface area contributed by atoms with Crippen LogP contribution < -0.4 is 5.14 Å². The van der Waals surface area contributed by atoms with Crippen molar-refractivity contribution in [1.29, 1.82) is 0 Å².